The molecule has 0 atom stereocenters. The van der Waals surface area contributed by atoms with E-state index >= 15 is 0 Å². The number of nitrogen functional groups attached to an aromatic ring is 1. The van der Waals surface area contributed by atoms with Crippen LogP contribution in [0.1, 0.15) is 15.9 Å². The van der Waals surface area contributed by atoms with Crippen molar-refractivity contribution < 1.29 is 13.6 Å². The van der Waals surface area contributed by atoms with E-state index in [-0.39, 0.29) is 11.1 Å². The molecule has 20 heavy (non-hydrogen) atoms. The van der Waals surface area contributed by atoms with Gasteiger partial charge in [0.1, 0.15) is 17.3 Å². The molecular weight excluding hydrogens is 266 g/mol. The van der Waals surface area contributed by atoms with E-state index in [0.29, 0.717) is 5.82 Å². The summed E-state index contributed by atoms with van der Waals surface area (Å²) in [5.41, 5.74) is 2.22. The number of carbonyl (C=O) groups is 1. The van der Waals surface area contributed by atoms with Gasteiger partial charge in [0.25, 0.3) is 5.91 Å². The maximum absolute atomic E-state index is 13.8. The molecule has 0 saturated heterocycles. The van der Waals surface area contributed by atoms with Crippen molar-refractivity contribution in [3.63, 3.8) is 0 Å². The highest BCUT2D eigenvalue weighted by Crippen LogP contribution is 2.22. The average molecular weight is 278 g/mol. The van der Waals surface area contributed by atoms with E-state index in [2.05, 4.69) is 15.7 Å². The second-order valence-corrected chi connectivity index (χ2v) is 4.08. The van der Waals surface area contributed by atoms with Gasteiger partial charge in [-0.2, -0.15) is 0 Å². The molecule has 0 aliphatic heterocycles. The molecular formula is C13H12F2N4O. The monoisotopic (exact) mass is 278 g/mol. The predicted molar refractivity (Wildman–Crippen MR) is 71.1 cm³/mol. The Morgan fingerprint density at radius 1 is 1.25 bits per heavy atom. The first-order valence-corrected chi connectivity index (χ1v) is 5.71. The van der Waals surface area contributed by atoms with Crippen molar-refractivity contribution in [2.24, 2.45) is 5.84 Å². The number of hydrazine groups is 1. The number of nitrogens with one attached hydrogen (secondary N) is 2. The fourth-order valence-electron chi connectivity index (χ4n) is 1.57. The standard InChI is InChI=1S/C13H12F2N4O/c1-7-2-4-9(14)12(11(7)15)18-13(20)8-3-5-10(19-16)17-6-8/h2-6H,16H2,1H3,(H,17,19)(H,18,20). The van der Waals surface area contributed by atoms with Crippen LogP contribution in [0.25, 0.3) is 0 Å². The zero-order chi connectivity index (χ0) is 14.7. The molecule has 1 heterocycles. The van der Waals surface area contributed by atoms with E-state index in [4.69, 9.17) is 5.84 Å². The van der Waals surface area contributed by atoms with E-state index in [1.807, 2.05) is 0 Å². The number of benzene rings is 1. The summed E-state index contributed by atoms with van der Waals surface area (Å²) in [6.45, 7) is 1.48. The molecule has 2 aromatic rings. The molecule has 1 amide bonds. The van der Waals surface area contributed by atoms with Crippen LogP contribution in [0.4, 0.5) is 20.3 Å². The number of aromatic nitrogens is 1. The maximum Gasteiger partial charge on any atom is 0.257 e. The first-order valence-electron chi connectivity index (χ1n) is 5.71. The van der Waals surface area contributed by atoms with Crippen molar-refractivity contribution >= 4 is 17.4 Å². The van der Waals surface area contributed by atoms with Gasteiger partial charge < -0.3 is 10.7 Å². The molecule has 0 fully saturated rings. The lowest BCUT2D eigenvalue weighted by Crippen LogP contribution is -2.16. The third kappa shape index (κ3) is 2.72. The Balaban J connectivity index is 2.25. The minimum atomic E-state index is -0.838. The van der Waals surface area contributed by atoms with Gasteiger partial charge in [-0.15, -0.1) is 0 Å². The van der Waals surface area contributed by atoms with Crippen molar-refractivity contribution in [3.8, 4) is 0 Å². The van der Waals surface area contributed by atoms with E-state index in [0.717, 1.165) is 6.07 Å². The molecule has 0 saturated carbocycles. The quantitative estimate of drug-likeness (QED) is 0.594. The highest BCUT2D eigenvalue weighted by Gasteiger charge is 2.15. The summed E-state index contributed by atoms with van der Waals surface area (Å²) in [7, 11) is 0. The van der Waals surface area contributed by atoms with Gasteiger partial charge in [-0.3, -0.25) is 4.79 Å². The molecule has 104 valence electrons. The number of aryl methyl sites for hydroxylation is 1. The number of hydrogen-bond acceptors (Lipinski definition) is 4. The lowest BCUT2D eigenvalue weighted by molar-refractivity contribution is 0.102. The maximum atomic E-state index is 13.8. The molecule has 0 unspecified atom stereocenters. The summed E-state index contributed by atoms with van der Waals surface area (Å²) in [6.07, 6.45) is 1.25. The topological polar surface area (TPSA) is 80.0 Å². The lowest BCUT2D eigenvalue weighted by atomic mass is 10.2. The van der Waals surface area contributed by atoms with Gasteiger partial charge >= 0.3 is 0 Å². The first kappa shape index (κ1) is 13.9. The summed E-state index contributed by atoms with van der Waals surface area (Å²) >= 11 is 0. The Hall–Kier alpha value is -2.54. The molecule has 7 heteroatoms. The van der Waals surface area contributed by atoms with Gasteiger partial charge in [0.15, 0.2) is 5.82 Å². The van der Waals surface area contributed by atoms with E-state index < -0.39 is 23.2 Å². The molecule has 4 N–H and O–H groups in total. The fourth-order valence-corrected chi connectivity index (χ4v) is 1.57. The van der Waals surface area contributed by atoms with Gasteiger partial charge in [-0.25, -0.2) is 19.6 Å². The van der Waals surface area contributed by atoms with Gasteiger partial charge in [0, 0.05) is 6.20 Å². The number of hydrogen-bond donors (Lipinski definition) is 3. The number of nitrogens with two attached hydrogens (primary N) is 1. The number of carbonyl (C=O) groups excluding carboxylic acids is 1. The Morgan fingerprint density at radius 2 is 2.00 bits per heavy atom. The van der Waals surface area contributed by atoms with Gasteiger partial charge in [0.05, 0.1) is 5.56 Å². The van der Waals surface area contributed by atoms with Crippen molar-refractivity contribution in [1.82, 2.24) is 4.98 Å². The smallest absolute Gasteiger partial charge is 0.257 e. The molecule has 0 spiro atoms. The van der Waals surface area contributed by atoms with Crippen molar-refractivity contribution in [1.29, 1.82) is 0 Å². The fraction of sp³-hybridized carbons (Fsp3) is 0.0769. The zero-order valence-corrected chi connectivity index (χ0v) is 10.6. The highest BCUT2D eigenvalue weighted by molar-refractivity contribution is 6.04. The molecule has 1 aromatic heterocycles. The molecule has 0 bridgehead atoms. The molecule has 0 radical (unpaired) electrons. The van der Waals surface area contributed by atoms with Crippen LogP contribution >= 0.6 is 0 Å². The minimum Gasteiger partial charge on any atom is -0.317 e. The van der Waals surface area contributed by atoms with E-state index in [1.165, 1.54) is 31.3 Å². The van der Waals surface area contributed by atoms with E-state index in [1.54, 1.807) is 0 Å². The third-order valence-electron chi connectivity index (χ3n) is 2.70. The van der Waals surface area contributed by atoms with Crippen molar-refractivity contribution in [2.45, 2.75) is 6.92 Å². The predicted octanol–water partition coefficient (Wildman–Crippen LogP) is 2.21. The summed E-state index contributed by atoms with van der Waals surface area (Å²) in [5, 5.41) is 2.19. The van der Waals surface area contributed by atoms with Crippen LogP contribution in [-0.2, 0) is 0 Å². The second-order valence-electron chi connectivity index (χ2n) is 4.08. The van der Waals surface area contributed by atoms with Gasteiger partial charge in [0.2, 0.25) is 0 Å². The third-order valence-corrected chi connectivity index (χ3v) is 2.70. The number of rotatable bonds is 3. The first-order chi connectivity index (χ1) is 9.52. The SMILES string of the molecule is Cc1ccc(F)c(NC(=O)c2ccc(NN)nc2)c1F. The number of halogens is 2. The number of anilines is 2. The Labute approximate surface area is 113 Å². The number of pyridine rings is 1. The molecule has 0 aliphatic carbocycles. The summed E-state index contributed by atoms with van der Waals surface area (Å²) in [4.78, 5) is 15.7. The largest absolute Gasteiger partial charge is 0.317 e. The second kappa shape index (κ2) is 5.62. The van der Waals surface area contributed by atoms with Crippen LogP contribution in [0.5, 0.6) is 0 Å². The van der Waals surface area contributed by atoms with Crippen LogP contribution in [0.3, 0.4) is 0 Å². The van der Waals surface area contributed by atoms with Gasteiger partial charge in [-0.05, 0) is 30.7 Å². The highest BCUT2D eigenvalue weighted by atomic mass is 19.1. The summed E-state index contributed by atoms with van der Waals surface area (Å²) in [5.74, 6) is 3.21. The summed E-state index contributed by atoms with van der Waals surface area (Å²) in [6, 6.07) is 5.29. The van der Waals surface area contributed by atoms with E-state index in [9.17, 15) is 13.6 Å². The molecule has 0 aliphatic rings. The van der Waals surface area contributed by atoms with Gasteiger partial charge in [-0.1, -0.05) is 6.07 Å². The molecule has 5 nitrogen and oxygen atoms in total. The Bertz CT molecular complexity index is 644. The van der Waals surface area contributed by atoms with Crippen LogP contribution in [0.15, 0.2) is 30.5 Å². The van der Waals surface area contributed by atoms with Crippen LogP contribution in [0, 0.1) is 18.6 Å². The number of nitrogens with zero attached hydrogens (tertiary/aromatic N) is 1. The van der Waals surface area contributed by atoms with Crippen molar-refractivity contribution in [2.75, 3.05) is 10.7 Å². The molecule has 1 aromatic carbocycles. The molecule has 2 rings (SSSR count). The number of amides is 1. The lowest BCUT2D eigenvalue weighted by Gasteiger charge is -2.09. The van der Waals surface area contributed by atoms with Crippen molar-refractivity contribution in [3.05, 3.63) is 53.2 Å². The average Bonchev–Trinajstić information content (AvgIpc) is 2.47. The minimum absolute atomic E-state index is 0.157. The van der Waals surface area contributed by atoms with Crippen LogP contribution < -0.4 is 16.6 Å². The van der Waals surface area contributed by atoms with Crippen LogP contribution in [0.2, 0.25) is 0 Å². The summed E-state index contributed by atoms with van der Waals surface area (Å²) < 4.78 is 27.3. The Morgan fingerprint density at radius 3 is 2.60 bits per heavy atom. The zero-order valence-electron chi connectivity index (χ0n) is 10.6. The Kier molecular flexibility index (Phi) is 3.90. The van der Waals surface area contributed by atoms with Crippen LogP contribution in [-0.4, -0.2) is 10.9 Å². The normalized spacial score (nSPS) is 10.2.